The minimum atomic E-state index is -0.476. The van der Waals surface area contributed by atoms with Crippen LogP contribution in [0.25, 0.3) is 99.1 Å². The Labute approximate surface area is 430 Å². The minimum Gasteiger partial charge on any atom is -0.0619 e. The van der Waals surface area contributed by atoms with Gasteiger partial charge in [-0.1, -0.05) is 221 Å². The molecule has 1 spiro atoms. The van der Waals surface area contributed by atoms with Crippen molar-refractivity contribution in [3.63, 3.8) is 0 Å². The molecular formula is C73H60. The van der Waals surface area contributed by atoms with E-state index in [4.69, 9.17) is 0 Å². The molecule has 0 amide bonds. The van der Waals surface area contributed by atoms with Gasteiger partial charge in [0, 0.05) is 10.8 Å². The summed E-state index contributed by atoms with van der Waals surface area (Å²) in [6, 6.07) is 71.9. The van der Waals surface area contributed by atoms with Crippen LogP contribution in [-0.4, -0.2) is 0 Å². The van der Waals surface area contributed by atoms with Crippen LogP contribution in [0.5, 0.6) is 0 Å². The van der Waals surface area contributed by atoms with E-state index in [0.29, 0.717) is 0 Å². The number of rotatable bonds is 2. The van der Waals surface area contributed by atoms with E-state index >= 15 is 0 Å². The highest BCUT2D eigenvalue weighted by atomic mass is 14.5. The summed E-state index contributed by atoms with van der Waals surface area (Å²) in [6.07, 6.45) is 0. The molecule has 0 aliphatic heterocycles. The standard InChI is InChI=1S/C73H60/c1-69(2,3)48-26-32-53-52-27-21-41(35-60(52)71(7,8)62(53)40-48)43-22-28-54-55-29-23-44(38-64(55)73(63(54)37-43)58-17-13-11-15-50(58)51-16-12-14-18-59(51)73)42-24-30-56-61(36-42)72(9,10)65-39-47-20-19-45-33-49(70(4,5)6)34-46-25-31-57(68(56)65)67(47)66(45)46/h11-40H,1-10H3. The molecular weight excluding hydrogens is 877 g/mol. The van der Waals surface area contributed by atoms with E-state index in [0.717, 1.165) is 0 Å². The number of hydrogen-bond donors (Lipinski definition) is 0. The summed E-state index contributed by atoms with van der Waals surface area (Å²) in [6.45, 7) is 23.6. The zero-order chi connectivity index (χ0) is 49.9. The van der Waals surface area contributed by atoms with E-state index < -0.39 is 5.41 Å². The first-order valence-electron chi connectivity index (χ1n) is 26.6. The largest absolute Gasteiger partial charge is 0.0725 e. The summed E-state index contributed by atoms with van der Waals surface area (Å²) >= 11 is 0. The maximum atomic E-state index is 2.56. The third kappa shape index (κ3) is 5.52. The SMILES string of the molecule is CC(C)(C)c1ccc2c(c1)C(C)(C)c1cc(-c3ccc4c(c3)C3(c5ccccc5-c5ccccc53)c3cc(-c5ccc6c(c5)C(C)(C)c5cc7ccc8cc(C(C)(C)C)cc9ccc(c5-6)c7c89)ccc3-4)ccc1-2. The quantitative estimate of drug-likeness (QED) is 0.152. The average molecular weight is 937 g/mol. The lowest BCUT2D eigenvalue weighted by molar-refractivity contribution is 0.584. The van der Waals surface area contributed by atoms with Crippen molar-refractivity contribution in [1.29, 1.82) is 0 Å². The second-order valence-electron chi connectivity index (χ2n) is 25.3. The van der Waals surface area contributed by atoms with Crippen LogP contribution in [0, 0.1) is 0 Å². The fraction of sp³-hybridized carbons (Fsp3) is 0.205. The van der Waals surface area contributed by atoms with E-state index in [9.17, 15) is 0 Å². The molecule has 0 saturated carbocycles. The van der Waals surface area contributed by atoms with Gasteiger partial charge in [0.1, 0.15) is 0 Å². The van der Waals surface area contributed by atoms with Gasteiger partial charge in [-0.3, -0.25) is 0 Å². The fourth-order valence-electron chi connectivity index (χ4n) is 14.6. The molecule has 0 heteroatoms. The van der Waals surface area contributed by atoms with Crippen molar-refractivity contribution in [2.75, 3.05) is 0 Å². The van der Waals surface area contributed by atoms with Crippen molar-refractivity contribution in [1.82, 2.24) is 0 Å². The second kappa shape index (κ2) is 13.9. The van der Waals surface area contributed by atoms with Gasteiger partial charge >= 0.3 is 0 Å². The van der Waals surface area contributed by atoms with Crippen LogP contribution in [0.2, 0.25) is 0 Å². The predicted octanol–water partition coefficient (Wildman–Crippen LogP) is 19.5. The lowest BCUT2D eigenvalue weighted by atomic mass is 9.70. The van der Waals surface area contributed by atoms with Crippen molar-refractivity contribution < 1.29 is 0 Å². The monoisotopic (exact) mass is 936 g/mol. The normalized spacial score (nSPS) is 15.9. The van der Waals surface area contributed by atoms with Crippen molar-refractivity contribution in [2.45, 2.75) is 96.3 Å². The lowest BCUT2D eigenvalue weighted by Gasteiger charge is -2.31. The Morgan fingerprint density at radius 2 is 0.685 bits per heavy atom. The third-order valence-electron chi connectivity index (χ3n) is 18.5. The molecule has 73 heavy (non-hydrogen) atoms. The van der Waals surface area contributed by atoms with Crippen LogP contribution in [0.4, 0.5) is 0 Å². The maximum absolute atomic E-state index is 2.56. The average Bonchev–Trinajstić information content (AvgIpc) is 4.01. The Hall–Kier alpha value is -7.54. The van der Waals surface area contributed by atoms with Crippen molar-refractivity contribution in [3.8, 4) is 66.8 Å². The molecule has 0 radical (unpaired) electrons. The molecule has 0 unspecified atom stereocenters. The summed E-state index contributed by atoms with van der Waals surface area (Å²) in [5.74, 6) is 0. The number of benzene rings is 11. The highest BCUT2D eigenvalue weighted by Crippen LogP contribution is 2.64. The zero-order valence-corrected chi connectivity index (χ0v) is 43.8. The summed E-state index contributed by atoms with van der Waals surface area (Å²) in [5.41, 5.74) is 29.2. The van der Waals surface area contributed by atoms with Crippen LogP contribution in [0.3, 0.4) is 0 Å². The Kier molecular flexibility index (Phi) is 8.23. The van der Waals surface area contributed by atoms with Gasteiger partial charge in [0.2, 0.25) is 0 Å². The van der Waals surface area contributed by atoms with Crippen LogP contribution in [-0.2, 0) is 27.1 Å². The first kappa shape index (κ1) is 43.1. The molecule has 0 fully saturated rings. The molecule has 11 aromatic carbocycles. The molecule has 0 aromatic heterocycles. The highest BCUT2D eigenvalue weighted by Gasteiger charge is 2.52. The molecule has 11 aromatic rings. The molecule has 4 aliphatic carbocycles. The minimum absolute atomic E-state index is 0.0813. The van der Waals surface area contributed by atoms with Gasteiger partial charge < -0.3 is 0 Å². The highest BCUT2D eigenvalue weighted by molar-refractivity contribution is 6.27. The Morgan fingerprint density at radius 1 is 0.288 bits per heavy atom. The van der Waals surface area contributed by atoms with Gasteiger partial charge in [0.15, 0.2) is 0 Å². The molecule has 0 atom stereocenters. The van der Waals surface area contributed by atoms with E-state index in [2.05, 4.69) is 251 Å². The lowest BCUT2D eigenvalue weighted by Crippen LogP contribution is -2.26. The maximum Gasteiger partial charge on any atom is 0.0725 e. The molecule has 0 N–H and O–H groups in total. The van der Waals surface area contributed by atoms with Gasteiger partial charge in [-0.05, 0) is 196 Å². The van der Waals surface area contributed by atoms with E-state index in [1.54, 1.807) is 0 Å². The molecule has 0 nitrogen and oxygen atoms in total. The van der Waals surface area contributed by atoms with Crippen molar-refractivity contribution in [3.05, 3.63) is 238 Å². The third-order valence-corrected chi connectivity index (χ3v) is 18.5. The molecule has 0 saturated heterocycles. The Balaban J connectivity index is 0.884. The Bertz CT molecular complexity index is 4200. The molecule has 15 rings (SSSR count). The van der Waals surface area contributed by atoms with E-state index in [1.165, 1.54) is 155 Å². The van der Waals surface area contributed by atoms with E-state index in [1.807, 2.05) is 0 Å². The smallest absolute Gasteiger partial charge is 0.0619 e. The summed E-state index contributed by atoms with van der Waals surface area (Å²) < 4.78 is 0. The summed E-state index contributed by atoms with van der Waals surface area (Å²) in [5, 5.41) is 8.16. The molecule has 0 heterocycles. The van der Waals surface area contributed by atoms with Crippen LogP contribution >= 0.6 is 0 Å². The fourth-order valence-corrected chi connectivity index (χ4v) is 14.6. The summed E-state index contributed by atoms with van der Waals surface area (Å²) in [7, 11) is 0. The second-order valence-corrected chi connectivity index (χ2v) is 25.3. The van der Waals surface area contributed by atoms with Crippen molar-refractivity contribution in [2.24, 2.45) is 0 Å². The zero-order valence-electron chi connectivity index (χ0n) is 43.8. The molecule has 4 aliphatic rings. The van der Waals surface area contributed by atoms with E-state index in [-0.39, 0.29) is 21.7 Å². The Morgan fingerprint density at radius 3 is 1.22 bits per heavy atom. The number of hydrogen-bond acceptors (Lipinski definition) is 0. The number of fused-ring (bicyclic) bond motifs is 17. The van der Waals surface area contributed by atoms with Crippen LogP contribution < -0.4 is 0 Å². The summed E-state index contributed by atoms with van der Waals surface area (Å²) in [4.78, 5) is 0. The molecule has 0 bridgehead atoms. The topological polar surface area (TPSA) is 0 Å². The van der Waals surface area contributed by atoms with Gasteiger partial charge in [-0.25, -0.2) is 0 Å². The molecule has 352 valence electrons. The van der Waals surface area contributed by atoms with Crippen LogP contribution in [0.1, 0.15) is 125 Å². The first-order chi connectivity index (χ1) is 34.9. The predicted molar refractivity (Wildman–Crippen MR) is 310 cm³/mol. The van der Waals surface area contributed by atoms with Gasteiger partial charge in [0.05, 0.1) is 5.41 Å². The van der Waals surface area contributed by atoms with Gasteiger partial charge in [0.25, 0.3) is 0 Å². The van der Waals surface area contributed by atoms with Gasteiger partial charge in [-0.15, -0.1) is 0 Å². The van der Waals surface area contributed by atoms with Crippen LogP contribution in [0.15, 0.2) is 182 Å². The van der Waals surface area contributed by atoms with Gasteiger partial charge in [-0.2, -0.15) is 0 Å². The van der Waals surface area contributed by atoms with Crippen molar-refractivity contribution >= 4 is 32.3 Å². The first-order valence-corrected chi connectivity index (χ1v) is 26.6.